The fraction of sp³-hybridized carbons (Fsp3) is 1.00. The first kappa shape index (κ1) is 11.5. The fourth-order valence-corrected chi connectivity index (χ4v) is 5.47. The summed E-state index contributed by atoms with van der Waals surface area (Å²) in [6.07, 6.45) is 5.63. The highest BCUT2D eigenvalue weighted by Crippen LogP contribution is 2.28. The summed E-state index contributed by atoms with van der Waals surface area (Å²) in [6.45, 7) is 0. The molecule has 0 amide bonds. The third kappa shape index (κ3) is 6.87. The lowest BCUT2D eigenvalue weighted by atomic mass is 10.4. The smallest absolute Gasteiger partial charge is 0.00372 e. The van der Waals surface area contributed by atoms with Gasteiger partial charge >= 0.3 is 0 Å². The summed E-state index contributed by atoms with van der Waals surface area (Å²) in [5, 5.41) is 0. The molecule has 1 fully saturated rings. The first-order chi connectivity index (χ1) is 6.00. The summed E-state index contributed by atoms with van der Waals surface area (Å²) in [4.78, 5) is 0. The largest absolute Gasteiger partial charge is 0.0942 e. The van der Waals surface area contributed by atoms with E-state index in [1.807, 2.05) is 0 Å². The van der Waals surface area contributed by atoms with Crippen LogP contribution in [0.4, 0.5) is 0 Å². The molecule has 0 atom stereocenters. The van der Waals surface area contributed by atoms with Gasteiger partial charge in [0, 0.05) is 23.0 Å². The molecule has 12 heavy (non-hydrogen) atoms. The van der Waals surface area contributed by atoms with Gasteiger partial charge in [-0.3, -0.25) is 0 Å². The van der Waals surface area contributed by atoms with E-state index in [0.29, 0.717) is 0 Å². The lowest BCUT2D eigenvalue weighted by Gasteiger charge is -2.04. The minimum absolute atomic E-state index is 1.36. The maximum Gasteiger partial charge on any atom is 0.00372 e. The lowest BCUT2D eigenvalue weighted by Crippen LogP contribution is -1.86. The normalized spacial score (nSPS) is 24.0. The third-order valence-electron chi connectivity index (χ3n) is 1.58. The molecule has 1 rings (SSSR count). The molecular weight excluding hydrogens is 224 g/mol. The topological polar surface area (TPSA) is 0 Å². The number of rotatable bonds is 0. The Balaban J connectivity index is 2.00. The maximum absolute atomic E-state index is 2.07. The third-order valence-corrected chi connectivity index (χ3v) is 6.73. The quantitative estimate of drug-likeness (QED) is 0.578. The van der Waals surface area contributed by atoms with E-state index in [1.54, 1.807) is 0 Å². The van der Waals surface area contributed by atoms with E-state index in [1.165, 1.54) is 48.7 Å². The van der Waals surface area contributed by atoms with Gasteiger partial charge < -0.3 is 0 Å². The van der Waals surface area contributed by atoms with Crippen molar-refractivity contribution < 1.29 is 0 Å². The molecule has 1 aliphatic rings. The molecule has 0 nitrogen and oxygen atoms in total. The Labute approximate surface area is 91.6 Å². The van der Waals surface area contributed by atoms with Crippen LogP contribution in [0.5, 0.6) is 0 Å². The molecule has 1 heterocycles. The highest BCUT2D eigenvalue weighted by atomic mass is 33.1. The second-order valence-corrected chi connectivity index (χ2v) is 8.11. The minimum atomic E-state index is 1.36. The Bertz CT molecular complexity index is 54.0. The van der Waals surface area contributed by atoms with E-state index in [9.17, 15) is 0 Å². The van der Waals surface area contributed by atoms with Crippen LogP contribution in [0.1, 0.15) is 25.7 Å². The lowest BCUT2D eigenvalue weighted by molar-refractivity contribution is 0.906. The molecule has 0 saturated carbocycles. The average Bonchev–Trinajstić information content (AvgIpc) is 2.05. The van der Waals surface area contributed by atoms with E-state index in [0.717, 1.165) is 0 Å². The molecule has 1 aliphatic heterocycles. The molecule has 4 heteroatoms. The molecule has 0 aromatic carbocycles. The van der Waals surface area contributed by atoms with Crippen molar-refractivity contribution in [2.75, 3.05) is 23.0 Å². The summed E-state index contributed by atoms with van der Waals surface area (Å²) >= 11 is 0. The van der Waals surface area contributed by atoms with Gasteiger partial charge in [-0.1, -0.05) is 43.2 Å². The van der Waals surface area contributed by atoms with Gasteiger partial charge in [-0.25, -0.2) is 0 Å². The molecule has 0 aromatic heterocycles. The van der Waals surface area contributed by atoms with Crippen molar-refractivity contribution in [3.05, 3.63) is 0 Å². The van der Waals surface area contributed by atoms with Gasteiger partial charge in [0.05, 0.1) is 0 Å². The number of hydrogen-bond acceptors (Lipinski definition) is 4. The molecule has 0 radical (unpaired) electrons. The van der Waals surface area contributed by atoms with Crippen LogP contribution in [0.25, 0.3) is 0 Å². The Morgan fingerprint density at radius 3 is 0.917 bits per heavy atom. The van der Waals surface area contributed by atoms with Crippen molar-refractivity contribution in [1.82, 2.24) is 0 Å². The summed E-state index contributed by atoms with van der Waals surface area (Å²) < 4.78 is 0. The van der Waals surface area contributed by atoms with Crippen molar-refractivity contribution in [2.45, 2.75) is 25.7 Å². The Kier molecular flexibility index (Phi) is 8.58. The van der Waals surface area contributed by atoms with E-state index < -0.39 is 0 Å². The van der Waals surface area contributed by atoms with Crippen LogP contribution in [-0.2, 0) is 0 Å². The maximum atomic E-state index is 2.07. The van der Waals surface area contributed by atoms with E-state index in [-0.39, 0.29) is 0 Å². The zero-order valence-electron chi connectivity index (χ0n) is 7.29. The minimum Gasteiger partial charge on any atom is -0.0942 e. The van der Waals surface area contributed by atoms with Crippen LogP contribution in [0.2, 0.25) is 0 Å². The van der Waals surface area contributed by atoms with Crippen molar-refractivity contribution in [2.24, 2.45) is 0 Å². The number of hydrogen-bond donors (Lipinski definition) is 0. The standard InChI is InChI=1S/C8H16S4/c1-2-6-10-12-8-4-3-7-11-9-5-1/h1-8H2. The second-order valence-electron chi connectivity index (χ2n) is 2.70. The predicted octanol–water partition coefficient (Wildman–Crippen LogP) is 4.32. The van der Waals surface area contributed by atoms with Crippen LogP contribution < -0.4 is 0 Å². The summed E-state index contributed by atoms with van der Waals surface area (Å²) in [6, 6.07) is 0. The van der Waals surface area contributed by atoms with Gasteiger partial charge in [0.25, 0.3) is 0 Å². The van der Waals surface area contributed by atoms with Crippen LogP contribution in [0.3, 0.4) is 0 Å². The van der Waals surface area contributed by atoms with Crippen LogP contribution in [-0.4, -0.2) is 23.0 Å². The Morgan fingerprint density at radius 2 is 0.667 bits per heavy atom. The highest BCUT2D eigenvalue weighted by Gasteiger charge is 1.97. The molecule has 72 valence electrons. The van der Waals surface area contributed by atoms with E-state index in [4.69, 9.17) is 0 Å². The molecule has 1 saturated heterocycles. The van der Waals surface area contributed by atoms with Gasteiger partial charge in [0.15, 0.2) is 0 Å². The van der Waals surface area contributed by atoms with Crippen molar-refractivity contribution in [3.63, 3.8) is 0 Å². The molecule has 0 spiro atoms. The van der Waals surface area contributed by atoms with E-state index >= 15 is 0 Å². The SMILES string of the molecule is C1CCSSCCCCSSC1. The zero-order chi connectivity index (χ0) is 8.49. The van der Waals surface area contributed by atoms with Crippen molar-refractivity contribution >= 4 is 43.2 Å². The van der Waals surface area contributed by atoms with Crippen LogP contribution >= 0.6 is 43.2 Å². The van der Waals surface area contributed by atoms with Gasteiger partial charge in [0.1, 0.15) is 0 Å². The molecule has 0 unspecified atom stereocenters. The first-order valence-corrected chi connectivity index (χ1v) is 9.46. The van der Waals surface area contributed by atoms with Crippen LogP contribution in [0.15, 0.2) is 0 Å². The Morgan fingerprint density at radius 1 is 0.417 bits per heavy atom. The van der Waals surface area contributed by atoms with Crippen LogP contribution in [0, 0.1) is 0 Å². The summed E-state index contributed by atoms with van der Waals surface area (Å²) in [7, 11) is 8.27. The molecule has 0 bridgehead atoms. The van der Waals surface area contributed by atoms with Gasteiger partial charge in [-0.2, -0.15) is 0 Å². The zero-order valence-corrected chi connectivity index (χ0v) is 10.6. The molecular formula is C8H16S4. The molecule has 0 N–H and O–H groups in total. The summed E-state index contributed by atoms with van der Waals surface area (Å²) in [5.41, 5.74) is 0. The molecule has 0 aliphatic carbocycles. The van der Waals surface area contributed by atoms with Crippen molar-refractivity contribution in [3.8, 4) is 0 Å². The molecule has 0 aromatic rings. The fourth-order valence-electron chi connectivity index (χ4n) is 0.880. The van der Waals surface area contributed by atoms with Gasteiger partial charge in [0.2, 0.25) is 0 Å². The van der Waals surface area contributed by atoms with Gasteiger partial charge in [-0.05, 0) is 25.7 Å². The summed E-state index contributed by atoms with van der Waals surface area (Å²) in [5.74, 6) is 5.43. The monoisotopic (exact) mass is 240 g/mol. The first-order valence-electron chi connectivity index (χ1n) is 4.49. The van der Waals surface area contributed by atoms with Crippen molar-refractivity contribution in [1.29, 1.82) is 0 Å². The van der Waals surface area contributed by atoms with Gasteiger partial charge in [-0.15, -0.1) is 0 Å². The van der Waals surface area contributed by atoms with E-state index in [2.05, 4.69) is 43.2 Å². The average molecular weight is 240 g/mol. The second kappa shape index (κ2) is 8.97. The Hall–Kier alpha value is 1.40. The highest BCUT2D eigenvalue weighted by molar-refractivity contribution is 8.77. The predicted molar refractivity (Wildman–Crippen MR) is 68.3 cm³/mol.